The third kappa shape index (κ3) is 4.41. The van der Waals surface area contributed by atoms with Crippen molar-refractivity contribution in [2.24, 2.45) is 5.92 Å². The lowest BCUT2D eigenvalue weighted by Gasteiger charge is -2.35. The van der Waals surface area contributed by atoms with E-state index >= 15 is 0 Å². The molecule has 3 aliphatic rings. The average molecular weight is 486 g/mol. The third-order valence-electron chi connectivity index (χ3n) is 8.02. The summed E-state index contributed by atoms with van der Waals surface area (Å²) in [5, 5.41) is 0. The van der Waals surface area contributed by atoms with Gasteiger partial charge in [-0.25, -0.2) is 9.97 Å². The molecule has 188 valence electrons. The molecule has 3 aromatic rings. The number of aromatic nitrogens is 3. The molecule has 2 aromatic heterocycles. The number of carbonyl (C=O) groups is 1. The first-order chi connectivity index (χ1) is 17.6. The van der Waals surface area contributed by atoms with E-state index in [1.165, 1.54) is 5.56 Å². The molecule has 1 aromatic carbocycles. The van der Waals surface area contributed by atoms with Gasteiger partial charge in [-0.2, -0.15) is 0 Å². The van der Waals surface area contributed by atoms with Gasteiger partial charge < -0.3 is 19.5 Å². The molecule has 0 aliphatic carbocycles. The summed E-state index contributed by atoms with van der Waals surface area (Å²) in [5.74, 6) is 2.78. The number of anilines is 2. The van der Waals surface area contributed by atoms with Crippen molar-refractivity contribution >= 4 is 17.4 Å². The molecule has 2 saturated heterocycles. The maximum atomic E-state index is 13.9. The van der Waals surface area contributed by atoms with Crippen molar-refractivity contribution in [1.29, 1.82) is 0 Å². The zero-order valence-corrected chi connectivity index (χ0v) is 21.3. The van der Waals surface area contributed by atoms with E-state index in [1.54, 1.807) is 0 Å². The minimum Gasteiger partial charge on any atom is -0.381 e. The van der Waals surface area contributed by atoms with E-state index in [9.17, 15) is 4.79 Å². The maximum Gasteiger partial charge on any atom is 0.230 e. The van der Waals surface area contributed by atoms with Crippen molar-refractivity contribution in [3.8, 4) is 11.3 Å². The number of hydrogen-bond donors (Lipinski definition) is 1. The molecule has 5 heterocycles. The van der Waals surface area contributed by atoms with Crippen LogP contribution in [0.1, 0.15) is 54.2 Å². The highest BCUT2D eigenvalue weighted by molar-refractivity contribution is 5.99. The molecule has 1 amide bonds. The second-order valence-corrected chi connectivity index (χ2v) is 10.6. The first-order valence-electron chi connectivity index (χ1n) is 13.3. The molecule has 0 atom stereocenters. The molecule has 36 heavy (non-hydrogen) atoms. The number of nitrogens with zero attached hydrogens (tertiary/aromatic N) is 4. The number of aryl methyl sites for hydroxylation is 2. The van der Waals surface area contributed by atoms with Crippen LogP contribution in [0.5, 0.6) is 0 Å². The number of carbonyl (C=O) groups excluding carboxylic acids is 1. The Bertz CT molecular complexity index is 1240. The lowest BCUT2D eigenvalue weighted by molar-refractivity contribution is -0.123. The molecule has 6 rings (SSSR count). The number of benzene rings is 1. The van der Waals surface area contributed by atoms with Gasteiger partial charge in [0.25, 0.3) is 0 Å². The lowest BCUT2D eigenvalue weighted by atomic mass is 9.94. The summed E-state index contributed by atoms with van der Waals surface area (Å²) in [6.07, 6.45) is 6.42. The number of fused-ring (bicyclic) bond motifs is 3. The average Bonchev–Trinajstić information content (AvgIpc) is 3.28. The van der Waals surface area contributed by atoms with Crippen LogP contribution >= 0.6 is 0 Å². The molecular formula is C29H35N5O2. The van der Waals surface area contributed by atoms with Crippen LogP contribution in [0.4, 0.5) is 11.5 Å². The van der Waals surface area contributed by atoms with Crippen molar-refractivity contribution in [3.05, 3.63) is 59.2 Å². The Kier molecular flexibility index (Phi) is 6.25. The van der Waals surface area contributed by atoms with E-state index in [1.807, 2.05) is 11.1 Å². The van der Waals surface area contributed by atoms with E-state index in [0.29, 0.717) is 12.5 Å². The van der Waals surface area contributed by atoms with Gasteiger partial charge in [0.1, 0.15) is 11.6 Å². The van der Waals surface area contributed by atoms with Gasteiger partial charge in [-0.15, -0.1) is 0 Å². The first kappa shape index (κ1) is 23.2. The summed E-state index contributed by atoms with van der Waals surface area (Å²) in [6, 6.07) is 10.6. The Morgan fingerprint density at radius 3 is 2.53 bits per heavy atom. The molecule has 3 aliphatic heterocycles. The van der Waals surface area contributed by atoms with Gasteiger partial charge in [-0.1, -0.05) is 17.7 Å². The molecule has 2 fully saturated rings. The molecular weight excluding hydrogens is 450 g/mol. The molecule has 0 radical (unpaired) electrons. The standard InChI is InChI=1S/C29H35N5O2/c1-19-3-5-25-23(17-19)27-24(31-28(32-27)21-10-15-36-16-11-21)9-14-34(25)29(35)22-7-12-33(13-8-22)26-6-4-20(2)18-30-26/h3-6,17-18,21-22H,7-16H2,1-2H3,(H,31,32). The second kappa shape index (κ2) is 9.69. The van der Waals surface area contributed by atoms with Gasteiger partial charge in [-0.05, 0) is 63.3 Å². The number of H-pyrrole nitrogens is 1. The number of imidazole rings is 1. The number of ether oxygens (including phenoxy) is 1. The molecule has 0 unspecified atom stereocenters. The lowest BCUT2D eigenvalue weighted by Crippen LogP contribution is -2.43. The second-order valence-electron chi connectivity index (χ2n) is 10.6. The molecule has 0 saturated carbocycles. The highest BCUT2D eigenvalue weighted by Gasteiger charge is 2.33. The van der Waals surface area contributed by atoms with Crippen molar-refractivity contribution < 1.29 is 9.53 Å². The Balaban J connectivity index is 1.23. The van der Waals surface area contributed by atoms with Crippen LogP contribution in [0.3, 0.4) is 0 Å². The molecule has 7 nitrogen and oxygen atoms in total. The fourth-order valence-electron chi connectivity index (χ4n) is 5.87. The zero-order valence-electron chi connectivity index (χ0n) is 21.3. The molecule has 0 spiro atoms. The van der Waals surface area contributed by atoms with E-state index in [4.69, 9.17) is 9.72 Å². The molecule has 7 heteroatoms. The van der Waals surface area contributed by atoms with Gasteiger partial charge >= 0.3 is 0 Å². The summed E-state index contributed by atoms with van der Waals surface area (Å²) in [7, 11) is 0. The van der Waals surface area contributed by atoms with Crippen LogP contribution in [0, 0.1) is 19.8 Å². The first-order valence-corrected chi connectivity index (χ1v) is 13.3. The summed E-state index contributed by atoms with van der Waals surface area (Å²) in [6.45, 7) is 8.15. The molecule has 0 bridgehead atoms. The van der Waals surface area contributed by atoms with Gasteiger partial charge in [-0.3, -0.25) is 4.79 Å². The highest BCUT2D eigenvalue weighted by Crippen LogP contribution is 2.39. The predicted octanol–water partition coefficient (Wildman–Crippen LogP) is 4.79. The van der Waals surface area contributed by atoms with Crippen LogP contribution in [0.15, 0.2) is 36.5 Å². The van der Waals surface area contributed by atoms with E-state index in [0.717, 1.165) is 98.3 Å². The minimum atomic E-state index is 0.0306. The number of nitrogens with one attached hydrogen (secondary N) is 1. The van der Waals surface area contributed by atoms with Crippen molar-refractivity contribution in [3.63, 3.8) is 0 Å². The fourth-order valence-corrected chi connectivity index (χ4v) is 5.87. The molecule has 1 N–H and O–H groups in total. The Morgan fingerprint density at radius 2 is 1.78 bits per heavy atom. The van der Waals surface area contributed by atoms with Crippen LogP contribution in [-0.2, 0) is 16.0 Å². The van der Waals surface area contributed by atoms with E-state index < -0.39 is 0 Å². The van der Waals surface area contributed by atoms with E-state index in [2.05, 4.69) is 59.0 Å². The minimum absolute atomic E-state index is 0.0306. The summed E-state index contributed by atoms with van der Waals surface area (Å²) in [4.78, 5) is 31.6. The van der Waals surface area contributed by atoms with Crippen molar-refractivity contribution in [2.75, 3.05) is 42.6 Å². The Labute approximate surface area is 212 Å². The number of rotatable bonds is 3. The summed E-state index contributed by atoms with van der Waals surface area (Å²) >= 11 is 0. The highest BCUT2D eigenvalue weighted by atomic mass is 16.5. The van der Waals surface area contributed by atoms with Gasteiger partial charge in [0.05, 0.1) is 11.4 Å². The Morgan fingerprint density at radius 1 is 1.00 bits per heavy atom. The van der Waals surface area contributed by atoms with Gasteiger partial charge in [0.15, 0.2) is 0 Å². The van der Waals surface area contributed by atoms with E-state index in [-0.39, 0.29) is 11.8 Å². The Hall–Kier alpha value is -3.19. The van der Waals surface area contributed by atoms with Crippen LogP contribution in [0.2, 0.25) is 0 Å². The normalized spacial score (nSPS) is 19.1. The van der Waals surface area contributed by atoms with Gasteiger partial charge in [0.2, 0.25) is 5.91 Å². The number of pyridine rings is 1. The monoisotopic (exact) mass is 485 g/mol. The largest absolute Gasteiger partial charge is 0.381 e. The quantitative estimate of drug-likeness (QED) is 0.578. The van der Waals surface area contributed by atoms with Crippen LogP contribution < -0.4 is 9.80 Å². The van der Waals surface area contributed by atoms with Crippen molar-refractivity contribution in [2.45, 2.75) is 51.9 Å². The fraction of sp³-hybridized carbons (Fsp3) is 0.483. The number of piperidine rings is 1. The van der Waals surface area contributed by atoms with Crippen molar-refractivity contribution in [1.82, 2.24) is 15.0 Å². The van der Waals surface area contributed by atoms with Crippen LogP contribution in [0.25, 0.3) is 11.3 Å². The predicted molar refractivity (Wildman–Crippen MR) is 142 cm³/mol. The number of aromatic amines is 1. The number of amides is 1. The zero-order chi connectivity index (χ0) is 24.6. The summed E-state index contributed by atoms with van der Waals surface area (Å²) in [5.41, 5.74) is 6.59. The van der Waals surface area contributed by atoms with Gasteiger partial charge in [0, 0.05) is 68.6 Å². The third-order valence-corrected chi connectivity index (χ3v) is 8.02. The number of hydrogen-bond acceptors (Lipinski definition) is 5. The summed E-state index contributed by atoms with van der Waals surface area (Å²) < 4.78 is 5.56. The topological polar surface area (TPSA) is 74.4 Å². The maximum absolute atomic E-state index is 13.9. The SMILES string of the molecule is Cc1ccc(N2CCC(C(=O)N3CCc4[nH]c(C5CCOCC5)nc4-c4cc(C)ccc43)CC2)nc1. The van der Waals surface area contributed by atoms with Crippen LogP contribution in [-0.4, -0.2) is 53.7 Å². The smallest absolute Gasteiger partial charge is 0.230 e.